The molecule has 0 aliphatic heterocycles. The van der Waals surface area contributed by atoms with E-state index in [1.54, 1.807) is 0 Å². The molecule has 0 radical (unpaired) electrons. The summed E-state index contributed by atoms with van der Waals surface area (Å²) in [4.78, 5) is 14.5. The van der Waals surface area contributed by atoms with Crippen molar-refractivity contribution in [1.82, 2.24) is 24.1 Å². The Hall–Kier alpha value is -8.80. The fraction of sp³-hybridized carbons (Fsp3) is 0.0845. The third kappa shape index (κ3) is 9.75. The molecule has 12 rings (SSSR count). The number of pyridine rings is 1. The van der Waals surface area contributed by atoms with E-state index in [1.807, 2.05) is 24.4 Å². The van der Waals surface area contributed by atoms with E-state index >= 15 is 0 Å². The summed E-state index contributed by atoms with van der Waals surface area (Å²) in [6.45, 7) is 8.33. The van der Waals surface area contributed by atoms with Crippen LogP contribution >= 0.6 is 0 Å². The predicted octanol–water partition coefficient (Wildman–Crippen LogP) is 17.5. The third-order valence-corrected chi connectivity index (χ3v) is 15.1. The molecule has 5 nitrogen and oxygen atoms in total. The van der Waals surface area contributed by atoms with E-state index in [0.29, 0.717) is 0 Å². The SMILES string of the molecule is Cc1nc(-c2[c-]cc(-c3ccccc3-c3cc(-c4ccccc4-c4c[c-]c(-c5nc(C)c(C)n5C)cc4)cc(-c4ccccc4-c4c[c-]c(-c5ccccn5)cc4-c4ccc(-c5ccccc5)cc4)c3)cc2)n(C)c1C.[Ir+3]. The average Bonchev–Trinajstić information content (AvgIpc) is 3.93. The van der Waals surface area contributed by atoms with Gasteiger partial charge in [0.25, 0.3) is 0 Å². The second-order valence-corrected chi connectivity index (χ2v) is 19.6. The van der Waals surface area contributed by atoms with E-state index in [9.17, 15) is 0 Å². The van der Waals surface area contributed by atoms with E-state index in [4.69, 9.17) is 15.0 Å². The largest absolute Gasteiger partial charge is 3.00 e. The van der Waals surface area contributed by atoms with Gasteiger partial charge in [0.1, 0.15) is 0 Å². The summed E-state index contributed by atoms with van der Waals surface area (Å²) in [6, 6.07) is 87.0. The van der Waals surface area contributed by atoms with Gasteiger partial charge in [0.15, 0.2) is 0 Å². The van der Waals surface area contributed by atoms with Crippen LogP contribution in [0.1, 0.15) is 22.8 Å². The van der Waals surface area contributed by atoms with Crippen LogP contribution < -0.4 is 0 Å². The summed E-state index contributed by atoms with van der Waals surface area (Å²) in [5.41, 5.74) is 25.9. The van der Waals surface area contributed by atoms with Crippen LogP contribution in [-0.4, -0.2) is 24.1 Å². The molecule has 0 atom stereocenters. The van der Waals surface area contributed by atoms with Gasteiger partial charge in [0, 0.05) is 43.1 Å². The molecule has 0 fully saturated rings. The molecule has 0 aliphatic rings. The molecule has 9 aromatic carbocycles. The summed E-state index contributed by atoms with van der Waals surface area (Å²) in [5, 5.41) is 0. The topological polar surface area (TPSA) is 48.5 Å². The number of benzene rings is 9. The van der Waals surface area contributed by atoms with Crippen LogP contribution in [0.3, 0.4) is 0 Å². The van der Waals surface area contributed by atoms with Crippen LogP contribution in [0.2, 0.25) is 0 Å². The van der Waals surface area contributed by atoms with Crippen molar-refractivity contribution >= 4 is 0 Å². The summed E-state index contributed by atoms with van der Waals surface area (Å²) >= 11 is 0. The summed E-state index contributed by atoms with van der Waals surface area (Å²) in [6.07, 6.45) is 1.84. The third-order valence-electron chi connectivity index (χ3n) is 15.1. The number of aryl methyl sites for hydroxylation is 2. The number of hydrogen-bond donors (Lipinski definition) is 0. The standard InChI is InChI=1S/C71H54N5.Ir/c1-46-48(3)75(5)70(73-46)55-35-31-52(32-36-55)61-20-10-12-22-63(61)58-42-59(64-23-13-11-21-62(64)53-33-37-56(38-34-53)71-74-47(2)49(4)76(71)6)44-60(43-58)65-24-14-15-25-66(65)67-40-39-57(69-26-16-17-41-72-69)45-68(67)54-29-27-51(28-30-54)50-18-8-7-9-19-50;/h7-35,37,40-45H,1-6H3;/q-3;+3. The molecule has 0 unspecified atom stereocenters. The number of aromatic nitrogens is 5. The minimum atomic E-state index is 0. The van der Waals surface area contributed by atoms with Gasteiger partial charge in [-0.15, -0.1) is 83.4 Å². The minimum Gasteiger partial charge on any atom is -0.371 e. The van der Waals surface area contributed by atoms with Crippen molar-refractivity contribution in [3.8, 4) is 123 Å². The maximum absolute atomic E-state index is 4.88. The van der Waals surface area contributed by atoms with Gasteiger partial charge in [-0.3, -0.25) is 9.97 Å². The maximum atomic E-state index is 4.88. The minimum absolute atomic E-state index is 0. The Bertz CT molecular complexity index is 3920. The first-order chi connectivity index (χ1) is 37.2. The molecule has 0 bridgehead atoms. The van der Waals surface area contributed by atoms with Gasteiger partial charge in [-0.2, -0.15) is 0 Å². The first kappa shape index (κ1) is 50.4. The van der Waals surface area contributed by atoms with Gasteiger partial charge in [-0.25, -0.2) is 0 Å². The molecule has 0 N–H and O–H groups in total. The van der Waals surface area contributed by atoms with Crippen molar-refractivity contribution in [3.05, 3.63) is 259 Å². The fourth-order valence-corrected chi connectivity index (χ4v) is 10.5. The van der Waals surface area contributed by atoms with Crippen molar-refractivity contribution < 1.29 is 20.1 Å². The smallest absolute Gasteiger partial charge is 0.371 e. The second kappa shape index (κ2) is 21.4. The monoisotopic (exact) mass is 1170 g/mol. The van der Waals surface area contributed by atoms with Crippen LogP contribution in [0, 0.1) is 45.9 Å². The van der Waals surface area contributed by atoms with E-state index in [1.165, 1.54) is 11.1 Å². The van der Waals surface area contributed by atoms with E-state index in [-0.39, 0.29) is 20.1 Å². The summed E-state index contributed by atoms with van der Waals surface area (Å²) in [5.74, 6) is 1.82. The van der Waals surface area contributed by atoms with Crippen molar-refractivity contribution in [2.24, 2.45) is 14.1 Å². The molecule has 6 heteroatoms. The van der Waals surface area contributed by atoms with Crippen LogP contribution in [0.15, 0.2) is 219 Å². The van der Waals surface area contributed by atoms with Gasteiger partial charge < -0.3 is 14.1 Å². The summed E-state index contributed by atoms with van der Waals surface area (Å²) in [7, 11) is 4.14. The van der Waals surface area contributed by atoms with Gasteiger partial charge in [0.05, 0.1) is 11.6 Å². The van der Waals surface area contributed by atoms with Gasteiger partial charge in [0.2, 0.25) is 0 Å². The van der Waals surface area contributed by atoms with Crippen LogP contribution in [0.25, 0.3) is 123 Å². The quantitative estimate of drug-likeness (QED) is 0.121. The molecule has 0 saturated carbocycles. The Morgan fingerprint density at radius 1 is 0.325 bits per heavy atom. The average molecular weight is 1170 g/mol. The predicted molar refractivity (Wildman–Crippen MR) is 313 cm³/mol. The molecular weight excluding hydrogens is 1120 g/mol. The Balaban J connectivity index is 0.00000631. The Morgan fingerprint density at radius 3 is 1.17 bits per heavy atom. The molecule has 3 heterocycles. The number of hydrogen-bond acceptors (Lipinski definition) is 3. The van der Waals surface area contributed by atoms with Gasteiger partial charge in [-0.1, -0.05) is 178 Å². The second-order valence-electron chi connectivity index (χ2n) is 19.6. The molecule has 0 aliphatic carbocycles. The Kier molecular flexibility index (Phi) is 14.0. The molecule has 372 valence electrons. The van der Waals surface area contributed by atoms with Crippen LogP contribution in [0.4, 0.5) is 0 Å². The number of nitrogens with zero attached hydrogens (tertiary/aromatic N) is 5. The van der Waals surface area contributed by atoms with E-state index < -0.39 is 0 Å². The molecule has 0 saturated heterocycles. The van der Waals surface area contributed by atoms with Crippen molar-refractivity contribution in [2.75, 3.05) is 0 Å². The van der Waals surface area contributed by atoms with Crippen molar-refractivity contribution in [2.45, 2.75) is 27.7 Å². The Morgan fingerprint density at radius 2 is 0.727 bits per heavy atom. The van der Waals surface area contributed by atoms with Gasteiger partial charge >= 0.3 is 20.1 Å². The van der Waals surface area contributed by atoms with Crippen molar-refractivity contribution in [3.63, 3.8) is 0 Å². The first-order valence-electron chi connectivity index (χ1n) is 25.8. The molecular formula is C71H54IrN5. The molecule has 0 amide bonds. The molecule has 12 aromatic rings. The molecule has 0 spiro atoms. The Labute approximate surface area is 465 Å². The summed E-state index contributed by atoms with van der Waals surface area (Å²) < 4.78 is 4.28. The van der Waals surface area contributed by atoms with Crippen LogP contribution in [-0.2, 0) is 34.2 Å². The van der Waals surface area contributed by atoms with E-state index in [2.05, 4.69) is 263 Å². The number of rotatable bonds is 11. The molecule has 77 heavy (non-hydrogen) atoms. The van der Waals surface area contributed by atoms with E-state index in [0.717, 1.165) is 135 Å². The zero-order chi connectivity index (χ0) is 51.9. The van der Waals surface area contributed by atoms with Gasteiger partial charge in [-0.05, 0) is 108 Å². The molecule has 3 aromatic heterocycles. The first-order valence-corrected chi connectivity index (χ1v) is 25.8. The fourth-order valence-electron chi connectivity index (χ4n) is 10.5. The number of imidazole rings is 2. The zero-order valence-corrected chi connectivity index (χ0v) is 46.2. The zero-order valence-electron chi connectivity index (χ0n) is 43.9. The maximum Gasteiger partial charge on any atom is 3.00 e. The van der Waals surface area contributed by atoms with Crippen LogP contribution in [0.5, 0.6) is 0 Å². The normalized spacial score (nSPS) is 11.1. The van der Waals surface area contributed by atoms with Crippen molar-refractivity contribution in [1.29, 1.82) is 0 Å².